The molecule has 0 bridgehead atoms. The predicted octanol–water partition coefficient (Wildman–Crippen LogP) is 5.53. The quantitative estimate of drug-likeness (QED) is 0.287. The Balaban J connectivity index is 1.67. The van der Waals surface area contributed by atoms with E-state index in [0.29, 0.717) is 37.4 Å². The summed E-state index contributed by atoms with van der Waals surface area (Å²) in [5.74, 6) is 1.39. The van der Waals surface area contributed by atoms with Crippen LogP contribution in [0.2, 0.25) is 0 Å². The molecule has 9 heteroatoms. The lowest BCUT2D eigenvalue weighted by Crippen LogP contribution is -2.46. The van der Waals surface area contributed by atoms with Gasteiger partial charge in [-0.25, -0.2) is 4.79 Å². The lowest BCUT2D eigenvalue weighted by molar-refractivity contribution is -0.385. The van der Waals surface area contributed by atoms with Crippen LogP contribution in [-0.2, 0) is 12.8 Å². The third-order valence-electron chi connectivity index (χ3n) is 7.05. The molecule has 1 unspecified atom stereocenters. The van der Waals surface area contributed by atoms with Crippen LogP contribution in [0, 0.1) is 24.0 Å². The number of hydrogen-bond acceptors (Lipinski definition) is 6. The third-order valence-corrected chi connectivity index (χ3v) is 7.05. The SMILES string of the molecule is CCNC(=O)N1CCc2cc(OC)c(OCCc3ccc(OC)c([N+](=O)[O-])c3)cc2C1c1ccc(C)cc1C. The summed E-state index contributed by atoms with van der Waals surface area (Å²) in [6.45, 7) is 7.45. The molecule has 1 atom stereocenters. The first kappa shape index (κ1) is 27.8. The zero-order valence-electron chi connectivity index (χ0n) is 23.1. The molecule has 206 valence electrons. The second-order valence-electron chi connectivity index (χ2n) is 9.61. The molecule has 2 amide bonds. The monoisotopic (exact) mass is 533 g/mol. The van der Waals surface area contributed by atoms with Crippen molar-refractivity contribution < 1.29 is 23.9 Å². The van der Waals surface area contributed by atoms with Gasteiger partial charge in [-0.15, -0.1) is 0 Å². The number of fused-ring (bicyclic) bond motifs is 1. The van der Waals surface area contributed by atoms with Crippen molar-refractivity contribution in [2.45, 2.75) is 39.7 Å². The van der Waals surface area contributed by atoms with E-state index in [4.69, 9.17) is 14.2 Å². The summed E-state index contributed by atoms with van der Waals surface area (Å²) in [5.41, 5.74) is 6.12. The minimum absolute atomic E-state index is 0.0804. The number of nitrogens with zero attached hydrogens (tertiary/aromatic N) is 2. The number of carbonyl (C=O) groups is 1. The summed E-state index contributed by atoms with van der Waals surface area (Å²) in [7, 11) is 3.01. The molecule has 1 aliphatic heterocycles. The average Bonchev–Trinajstić information content (AvgIpc) is 2.92. The molecule has 0 saturated carbocycles. The van der Waals surface area contributed by atoms with E-state index in [1.165, 1.54) is 13.2 Å². The number of nitro benzene ring substituents is 1. The highest BCUT2D eigenvalue weighted by Crippen LogP contribution is 2.42. The number of amides is 2. The molecule has 3 aromatic rings. The molecule has 0 spiro atoms. The fourth-order valence-corrected chi connectivity index (χ4v) is 5.15. The molecule has 0 saturated heterocycles. The van der Waals surface area contributed by atoms with Crippen LogP contribution in [-0.4, -0.2) is 49.8 Å². The second kappa shape index (κ2) is 12.1. The average molecular weight is 534 g/mol. The Morgan fingerprint density at radius 1 is 1.03 bits per heavy atom. The van der Waals surface area contributed by atoms with E-state index < -0.39 is 4.92 Å². The standard InChI is InChI=1S/C30H35N3O6/c1-6-31-30(34)32-13-11-22-17-27(38-5)28(18-24(22)29(32)23-9-7-19(2)15-20(23)3)39-14-12-21-8-10-26(37-4)25(16-21)33(35)36/h7-10,15-18,29H,6,11-14H2,1-5H3,(H,31,34). The third kappa shape index (κ3) is 5.92. The van der Waals surface area contributed by atoms with Gasteiger partial charge in [-0.05, 0) is 73.2 Å². The van der Waals surface area contributed by atoms with E-state index in [2.05, 4.69) is 37.4 Å². The number of urea groups is 1. The van der Waals surface area contributed by atoms with E-state index in [1.807, 2.05) is 24.0 Å². The number of nitrogens with one attached hydrogen (secondary N) is 1. The number of nitro groups is 1. The zero-order chi connectivity index (χ0) is 28.1. The predicted molar refractivity (Wildman–Crippen MR) is 149 cm³/mol. The topological polar surface area (TPSA) is 103 Å². The highest BCUT2D eigenvalue weighted by Gasteiger charge is 2.34. The maximum absolute atomic E-state index is 13.1. The molecule has 0 radical (unpaired) electrons. The van der Waals surface area contributed by atoms with Crippen LogP contribution < -0.4 is 19.5 Å². The van der Waals surface area contributed by atoms with E-state index in [1.54, 1.807) is 19.2 Å². The number of aryl methyl sites for hydroxylation is 2. The Hall–Kier alpha value is -4.27. The first-order valence-corrected chi connectivity index (χ1v) is 13.0. The van der Waals surface area contributed by atoms with E-state index >= 15 is 0 Å². The van der Waals surface area contributed by atoms with Gasteiger partial charge in [0.05, 0.1) is 31.8 Å². The summed E-state index contributed by atoms with van der Waals surface area (Å²) in [6, 6.07) is 14.8. The highest BCUT2D eigenvalue weighted by atomic mass is 16.6. The first-order chi connectivity index (χ1) is 18.8. The maximum atomic E-state index is 13.1. The Kier molecular flexibility index (Phi) is 8.59. The first-order valence-electron chi connectivity index (χ1n) is 13.0. The van der Waals surface area contributed by atoms with Gasteiger partial charge in [-0.2, -0.15) is 0 Å². The summed E-state index contributed by atoms with van der Waals surface area (Å²) in [5, 5.41) is 14.4. The van der Waals surface area contributed by atoms with E-state index in [9.17, 15) is 14.9 Å². The molecule has 39 heavy (non-hydrogen) atoms. The molecule has 0 aliphatic carbocycles. The van der Waals surface area contributed by atoms with Crippen LogP contribution in [0.15, 0.2) is 48.5 Å². The van der Waals surface area contributed by atoms with Crippen molar-refractivity contribution in [2.24, 2.45) is 0 Å². The molecule has 0 fully saturated rings. The van der Waals surface area contributed by atoms with Gasteiger partial charge in [0.15, 0.2) is 17.2 Å². The van der Waals surface area contributed by atoms with Gasteiger partial charge in [0.25, 0.3) is 0 Å². The largest absolute Gasteiger partial charge is 0.493 e. The van der Waals surface area contributed by atoms with Gasteiger partial charge in [0.1, 0.15) is 0 Å². The molecule has 1 N–H and O–H groups in total. The van der Waals surface area contributed by atoms with Crippen LogP contribution in [0.1, 0.15) is 46.3 Å². The molecule has 0 aromatic heterocycles. The summed E-state index contributed by atoms with van der Waals surface area (Å²) in [6.07, 6.45) is 1.15. The summed E-state index contributed by atoms with van der Waals surface area (Å²) >= 11 is 0. The van der Waals surface area contributed by atoms with Crippen molar-refractivity contribution in [1.29, 1.82) is 0 Å². The van der Waals surface area contributed by atoms with Crippen LogP contribution in [0.25, 0.3) is 0 Å². The summed E-state index contributed by atoms with van der Waals surface area (Å²) < 4.78 is 16.9. The van der Waals surface area contributed by atoms with Crippen molar-refractivity contribution in [3.63, 3.8) is 0 Å². The van der Waals surface area contributed by atoms with Crippen LogP contribution in [0.4, 0.5) is 10.5 Å². The number of hydrogen-bond donors (Lipinski definition) is 1. The normalized spacial score (nSPS) is 14.4. The Morgan fingerprint density at radius 3 is 2.46 bits per heavy atom. The van der Waals surface area contributed by atoms with Gasteiger partial charge in [0.2, 0.25) is 0 Å². The van der Waals surface area contributed by atoms with Gasteiger partial charge >= 0.3 is 11.7 Å². The van der Waals surface area contributed by atoms with Gasteiger partial charge in [-0.1, -0.05) is 29.8 Å². The van der Waals surface area contributed by atoms with Crippen LogP contribution >= 0.6 is 0 Å². The van der Waals surface area contributed by atoms with Crippen LogP contribution in [0.5, 0.6) is 17.2 Å². The number of ether oxygens (including phenoxy) is 3. The molecule has 3 aromatic carbocycles. The lowest BCUT2D eigenvalue weighted by Gasteiger charge is -2.38. The smallest absolute Gasteiger partial charge is 0.318 e. The Morgan fingerprint density at radius 2 is 1.79 bits per heavy atom. The fraction of sp³-hybridized carbons (Fsp3) is 0.367. The van der Waals surface area contributed by atoms with E-state index in [0.717, 1.165) is 33.4 Å². The van der Waals surface area contributed by atoms with Gasteiger partial charge in [-0.3, -0.25) is 10.1 Å². The number of methoxy groups -OCH3 is 2. The molecule has 1 aliphatic rings. The van der Waals surface area contributed by atoms with Crippen LogP contribution in [0.3, 0.4) is 0 Å². The molecule has 1 heterocycles. The second-order valence-corrected chi connectivity index (χ2v) is 9.61. The molecular weight excluding hydrogens is 498 g/mol. The molecular formula is C30H35N3O6. The summed E-state index contributed by atoms with van der Waals surface area (Å²) in [4.78, 5) is 26.0. The van der Waals surface area contributed by atoms with Crippen molar-refractivity contribution in [2.75, 3.05) is 33.9 Å². The molecule has 9 nitrogen and oxygen atoms in total. The number of carbonyl (C=O) groups excluding carboxylic acids is 1. The zero-order valence-corrected chi connectivity index (χ0v) is 23.1. The Labute approximate surface area is 228 Å². The highest BCUT2D eigenvalue weighted by molar-refractivity contribution is 5.76. The Bertz CT molecular complexity index is 1370. The lowest BCUT2D eigenvalue weighted by atomic mass is 9.85. The number of rotatable bonds is 9. The van der Waals surface area contributed by atoms with Crippen molar-refractivity contribution in [3.8, 4) is 17.2 Å². The molecule has 4 rings (SSSR count). The van der Waals surface area contributed by atoms with E-state index in [-0.39, 0.29) is 30.1 Å². The van der Waals surface area contributed by atoms with Crippen molar-refractivity contribution in [1.82, 2.24) is 10.2 Å². The van der Waals surface area contributed by atoms with Crippen molar-refractivity contribution in [3.05, 3.63) is 92.0 Å². The van der Waals surface area contributed by atoms with Crippen molar-refractivity contribution >= 4 is 11.7 Å². The fourth-order valence-electron chi connectivity index (χ4n) is 5.15. The maximum Gasteiger partial charge on any atom is 0.318 e. The minimum atomic E-state index is -0.455. The number of benzene rings is 3. The van der Waals surface area contributed by atoms with Gasteiger partial charge < -0.3 is 24.4 Å². The van der Waals surface area contributed by atoms with Gasteiger partial charge in [0, 0.05) is 25.6 Å². The minimum Gasteiger partial charge on any atom is -0.493 e.